The lowest BCUT2D eigenvalue weighted by molar-refractivity contribution is -0.145. The van der Waals surface area contributed by atoms with E-state index in [4.69, 9.17) is 5.11 Å². The molecule has 0 aliphatic heterocycles. The van der Waals surface area contributed by atoms with Crippen molar-refractivity contribution in [2.75, 3.05) is 25.7 Å². The van der Waals surface area contributed by atoms with Gasteiger partial charge in [-0.2, -0.15) is 11.8 Å². The van der Waals surface area contributed by atoms with Crippen molar-refractivity contribution in [1.29, 1.82) is 0 Å². The maximum Gasteiger partial charge on any atom is 0.309 e. The topological polar surface area (TPSA) is 46.5 Å². The van der Waals surface area contributed by atoms with Crippen molar-refractivity contribution in [3.8, 4) is 0 Å². The zero-order valence-electron chi connectivity index (χ0n) is 6.87. The van der Waals surface area contributed by atoms with E-state index in [-0.39, 0.29) is 18.5 Å². The summed E-state index contributed by atoms with van der Waals surface area (Å²) in [6.45, 7) is 0.0420. The largest absolute Gasteiger partial charge is 0.469 e. The summed E-state index contributed by atoms with van der Waals surface area (Å²) in [6.07, 6.45) is 2.42. The summed E-state index contributed by atoms with van der Waals surface area (Å²) in [5.74, 6) is 0.334. The van der Waals surface area contributed by atoms with Crippen LogP contribution in [0.4, 0.5) is 0 Å². The number of hydrogen-bond donors (Lipinski definition) is 1. The second-order valence-corrected chi connectivity index (χ2v) is 3.10. The van der Waals surface area contributed by atoms with E-state index in [1.165, 1.54) is 7.11 Å². The number of rotatable bonds is 5. The van der Waals surface area contributed by atoms with Gasteiger partial charge in [0.15, 0.2) is 0 Å². The van der Waals surface area contributed by atoms with Crippen molar-refractivity contribution in [2.24, 2.45) is 5.92 Å². The lowest BCUT2D eigenvalue weighted by Gasteiger charge is -2.10. The Morgan fingerprint density at radius 1 is 1.73 bits per heavy atom. The van der Waals surface area contributed by atoms with Gasteiger partial charge in [0, 0.05) is 12.4 Å². The first-order valence-corrected chi connectivity index (χ1v) is 4.83. The molecular formula is C7H14O3S. The van der Waals surface area contributed by atoms with Gasteiger partial charge in [-0.15, -0.1) is 0 Å². The summed E-state index contributed by atoms with van der Waals surface area (Å²) < 4.78 is 4.55. The zero-order valence-corrected chi connectivity index (χ0v) is 7.69. The molecule has 0 spiro atoms. The third-order valence-corrected chi connectivity index (χ3v) is 2.12. The van der Waals surface area contributed by atoms with Gasteiger partial charge in [0.25, 0.3) is 0 Å². The molecule has 1 N–H and O–H groups in total. The summed E-state index contributed by atoms with van der Waals surface area (Å²) >= 11 is 1.58. The number of hydrogen-bond acceptors (Lipinski definition) is 4. The molecule has 0 saturated carbocycles. The average Bonchev–Trinajstić information content (AvgIpc) is 2.03. The molecule has 0 aromatic heterocycles. The second kappa shape index (κ2) is 6.49. The van der Waals surface area contributed by atoms with Gasteiger partial charge in [-0.3, -0.25) is 4.79 Å². The minimum Gasteiger partial charge on any atom is -0.469 e. The number of methoxy groups -OCH3 is 1. The number of ether oxygens (including phenoxy) is 1. The molecule has 1 atom stereocenters. The van der Waals surface area contributed by atoms with Crippen LogP contribution in [0, 0.1) is 5.92 Å². The molecule has 4 heteroatoms. The average molecular weight is 178 g/mol. The van der Waals surface area contributed by atoms with Crippen LogP contribution in [0.3, 0.4) is 0 Å². The van der Waals surface area contributed by atoms with Crippen molar-refractivity contribution >= 4 is 17.7 Å². The van der Waals surface area contributed by atoms with Crippen LogP contribution in [-0.2, 0) is 9.53 Å². The molecule has 0 aromatic carbocycles. The molecule has 3 nitrogen and oxygen atoms in total. The number of esters is 1. The molecule has 0 bridgehead atoms. The van der Waals surface area contributed by atoms with Crippen LogP contribution in [0.15, 0.2) is 0 Å². The van der Waals surface area contributed by atoms with E-state index < -0.39 is 0 Å². The maximum atomic E-state index is 10.9. The number of carbonyl (C=O) groups is 1. The van der Waals surface area contributed by atoms with E-state index in [1.807, 2.05) is 6.26 Å². The molecule has 66 valence electrons. The Kier molecular flexibility index (Phi) is 6.36. The van der Waals surface area contributed by atoms with Crippen molar-refractivity contribution in [1.82, 2.24) is 0 Å². The van der Waals surface area contributed by atoms with Gasteiger partial charge >= 0.3 is 5.97 Å². The molecule has 0 radical (unpaired) electrons. The van der Waals surface area contributed by atoms with Gasteiger partial charge in [0.05, 0.1) is 13.0 Å². The predicted octanol–water partition coefficient (Wildman–Crippen LogP) is 0.521. The Morgan fingerprint density at radius 3 is 2.73 bits per heavy atom. The Labute approximate surface area is 71.1 Å². The lowest BCUT2D eigenvalue weighted by Crippen LogP contribution is -2.19. The number of aliphatic hydroxyl groups is 1. The first kappa shape index (κ1) is 10.8. The molecule has 0 amide bonds. The number of aliphatic hydroxyl groups excluding tert-OH is 1. The van der Waals surface area contributed by atoms with Crippen molar-refractivity contribution in [3.05, 3.63) is 0 Å². The first-order chi connectivity index (χ1) is 5.26. The molecule has 0 fully saturated rings. The van der Waals surface area contributed by atoms with Crippen molar-refractivity contribution in [2.45, 2.75) is 6.42 Å². The van der Waals surface area contributed by atoms with Gasteiger partial charge in [0.1, 0.15) is 0 Å². The van der Waals surface area contributed by atoms with E-state index in [2.05, 4.69) is 4.74 Å². The second-order valence-electron chi connectivity index (χ2n) is 2.19. The highest BCUT2D eigenvalue weighted by molar-refractivity contribution is 7.98. The normalized spacial score (nSPS) is 12.6. The highest BCUT2D eigenvalue weighted by Crippen LogP contribution is 2.10. The summed E-state index contributed by atoms with van der Waals surface area (Å²) in [6, 6.07) is 0. The maximum absolute atomic E-state index is 10.9. The van der Waals surface area contributed by atoms with Crippen molar-refractivity contribution in [3.63, 3.8) is 0 Å². The highest BCUT2D eigenvalue weighted by Gasteiger charge is 2.17. The fourth-order valence-corrected chi connectivity index (χ4v) is 1.50. The molecule has 0 aromatic rings. The van der Waals surface area contributed by atoms with Gasteiger partial charge < -0.3 is 9.84 Å². The molecule has 0 aliphatic carbocycles. The minimum atomic E-state index is -0.228. The fourth-order valence-electron chi connectivity index (χ4n) is 0.793. The molecule has 0 aliphatic rings. The van der Waals surface area contributed by atoms with Gasteiger partial charge in [0.2, 0.25) is 0 Å². The fraction of sp³-hybridized carbons (Fsp3) is 0.857. The van der Waals surface area contributed by atoms with E-state index in [0.29, 0.717) is 12.2 Å². The molecule has 0 rings (SSSR count). The monoisotopic (exact) mass is 178 g/mol. The predicted molar refractivity (Wildman–Crippen MR) is 45.6 cm³/mol. The van der Waals surface area contributed by atoms with Gasteiger partial charge in [-0.1, -0.05) is 0 Å². The van der Waals surface area contributed by atoms with E-state index in [1.54, 1.807) is 11.8 Å². The third-order valence-electron chi connectivity index (χ3n) is 1.38. The molecular weight excluding hydrogens is 164 g/mol. The Hall–Kier alpha value is -0.220. The molecule has 0 heterocycles. The molecule has 1 unspecified atom stereocenters. The summed E-state index contributed by atoms with van der Waals surface area (Å²) in [4.78, 5) is 10.9. The van der Waals surface area contributed by atoms with Crippen LogP contribution >= 0.6 is 11.8 Å². The SMILES string of the molecule is COC(=O)C(CCO)CSC. The number of carbonyl (C=O) groups excluding carboxylic acids is 1. The smallest absolute Gasteiger partial charge is 0.309 e. The van der Waals surface area contributed by atoms with E-state index in [0.717, 1.165) is 0 Å². The quantitative estimate of drug-likeness (QED) is 0.623. The van der Waals surface area contributed by atoms with Crippen LogP contribution in [-0.4, -0.2) is 36.8 Å². The Balaban J connectivity index is 3.76. The van der Waals surface area contributed by atoms with Crippen LogP contribution < -0.4 is 0 Å². The standard InChI is InChI=1S/C7H14O3S/c1-10-7(9)6(3-4-8)5-11-2/h6,8H,3-5H2,1-2H3. The molecule has 0 saturated heterocycles. The van der Waals surface area contributed by atoms with E-state index >= 15 is 0 Å². The lowest BCUT2D eigenvalue weighted by atomic mass is 10.1. The van der Waals surface area contributed by atoms with E-state index in [9.17, 15) is 4.79 Å². The summed E-state index contributed by atoms with van der Waals surface area (Å²) in [5, 5.41) is 8.59. The highest BCUT2D eigenvalue weighted by atomic mass is 32.2. The van der Waals surface area contributed by atoms with Crippen LogP contribution in [0.2, 0.25) is 0 Å². The van der Waals surface area contributed by atoms with Gasteiger partial charge in [-0.25, -0.2) is 0 Å². The summed E-state index contributed by atoms with van der Waals surface area (Å²) in [5.41, 5.74) is 0. The van der Waals surface area contributed by atoms with Crippen LogP contribution in [0.5, 0.6) is 0 Å². The Morgan fingerprint density at radius 2 is 2.36 bits per heavy atom. The summed E-state index contributed by atoms with van der Waals surface area (Å²) in [7, 11) is 1.37. The third kappa shape index (κ3) is 4.27. The Bertz CT molecular complexity index is 110. The van der Waals surface area contributed by atoms with Crippen molar-refractivity contribution < 1.29 is 14.6 Å². The molecule has 11 heavy (non-hydrogen) atoms. The van der Waals surface area contributed by atoms with Crippen LogP contribution in [0.1, 0.15) is 6.42 Å². The van der Waals surface area contributed by atoms with Crippen LogP contribution in [0.25, 0.3) is 0 Å². The first-order valence-electron chi connectivity index (χ1n) is 3.43. The van der Waals surface area contributed by atoms with Gasteiger partial charge in [-0.05, 0) is 12.7 Å². The zero-order chi connectivity index (χ0) is 8.69. The minimum absolute atomic E-state index is 0.0420. The number of thioether (sulfide) groups is 1.